The molecular weight excluding hydrogens is 927 g/mol. The van der Waals surface area contributed by atoms with Gasteiger partial charge in [-0.1, -0.05) is 109 Å². The minimum Gasteiger partial charge on any atom is -0.506 e. The number of sulfonamides is 2. The largest absolute Gasteiger partial charge is 0.506 e. The van der Waals surface area contributed by atoms with Gasteiger partial charge in [0.15, 0.2) is 17.2 Å². The Hall–Kier alpha value is -6.43. The molecule has 0 fully saturated rings. The Balaban J connectivity index is 1.27. The van der Waals surface area contributed by atoms with Gasteiger partial charge in [-0.05, 0) is 55.0 Å². The molecule has 4 aromatic rings. The van der Waals surface area contributed by atoms with Gasteiger partial charge in [-0.2, -0.15) is 25.6 Å². The molecule has 1 heterocycles. The lowest BCUT2D eigenvalue weighted by atomic mass is 10.0. The Morgan fingerprint density at radius 2 is 1.32 bits per heavy atom. The van der Waals surface area contributed by atoms with Crippen molar-refractivity contribution in [2.45, 2.75) is 113 Å². The number of rotatable bonds is 31. The molecule has 4 aromatic carbocycles. The third kappa shape index (κ3) is 15.5. The summed E-state index contributed by atoms with van der Waals surface area (Å²) in [6, 6.07) is 18.8. The summed E-state index contributed by atoms with van der Waals surface area (Å²) in [7, 11) is -4.91. The van der Waals surface area contributed by atoms with Gasteiger partial charge in [-0.15, -0.1) is 0 Å². The molecule has 3 N–H and O–H groups in total. The molecule has 0 saturated carbocycles. The Morgan fingerprint density at radius 1 is 0.696 bits per heavy atom. The number of phenols is 1. The van der Waals surface area contributed by atoms with Crippen LogP contribution >= 0.6 is 0 Å². The fraction of sp³-hybridized carbons (Fsp3) is 0.449. The molecule has 18 nitrogen and oxygen atoms in total. The number of aromatic hydroxyl groups is 1. The number of hydrogen-bond acceptors (Lipinski definition) is 15. The zero-order chi connectivity index (χ0) is 49.7. The predicted octanol–water partition coefficient (Wildman–Crippen LogP) is 10.3. The van der Waals surface area contributed by atoms with Crippen LogP contribution in [0.25, 0.3) is 0 Å². The number of methoxy groups -OCH3 is 3. The normalized spacial score (nSPS) is 13.8. The topological polar surface area (TPSA) is 240 Å². The van der Waals surface area contributed by atoms with Crippen LogP contribution in [0.15, 0.2) is 104 Å². The number of carbonyl (C=O) groups excluding carboxylic acids is 1. The summed E-state index contributed by atoms with van der Waals surface area (Å²) in [5.74, 6) is -0.724. The highest BCUT2D eigenvalue weighted by molar-refractivity contribution is 7.93. The maximum atomic E-state index is 14.2. The van der Waals surface area contributed by atoms with Gasteiger partial charge >= 0.3 is 0 Å². The molecule has 1 amide bonds. The van der Waals surface area contributed by atoms with Crippen molar-refractivity contribution in [3.63, 3.8) is 0 Å². The molecule has 0 bridgehead atoms. The third-order valence-corrected chi connectivity index (χ3v) is 13.8. The number of hydrogen-bond donors (Lipinski definition) is 3. The summed E-state index contributed by atoms with van der Waals surface area (Å²) >= 11 is 0. The van der Waals surface area contributed by atoms with Crippen molar-refractivity contribution in [3.05, 3.63) is 78.9 Å². The number of nitrogens with one attached hydrogen (secondary N) is 2. The smallest absolute Gasteiger partial charge is 0.281 e. The number of benzene rings is 4. The van der Waals surface area contributed by atoms with Gasteiger partial charge in [0.2, 0.25) is 6.04 Å². The van der Waals surface area contributed by atoms with Crippen molar-refractivity contribution in [3.8, 4) is 34.8 Å². The molecule has 1 aliphatic rings. The number of phenolic OH excluding ortho intramolecular Hbond substituents is 1. The van der Waals surface area contributed by atoms with Crippen LogP contribution in [0.3, 0.4) is 0 Å². The molecule has 69 heavy (non-hydrogen) atoms. The standard InChI is InChI=1S/C49H63N7O11S2/c1-5-6-7-8-9-10-11-12-13-14-15-16-17-21-28-66-46-33-39(42(57)34-45(46)65-4)55-69(61,62)47-31-36(24-26-44(47)67-30-29-63-2)54-68(59,60)38-25-27-43(64-3)40(32-38)51-52-48-41(35-50)53-56(49(48)58)37-22-19-18-20-23-37/h18-20,22-27,31-34,48,54-55,57H,5-17,21,28-30H2,1-4H3. The van der Waals surface area contributed by atoms with E-state index in [0.29, 0.717) is 12.3 Å². The summed E-state index contributed by atoms with van der Waals surface area (Å²) in [4.78, 5) is 12.4. The summed E-state index contributed by atoms with van der Waals surface area (Å²) in [5, 5.41) is 33.9. The van der Waals surface area contributed by atoms with Crippen molar-refractivity contribution < 1.29 is 50.4 Å². The van der Waals surface area contributed by atoms with Gasteiger partial charge in [0.1, 0.15) is 40.5 Å². The predicted molar refractivity (Wildman–Crippen MR) is 264 cm³/mol. The molecule has 1 unspecified atom stereocenters. The van der Waals surface area contributed by atoms with Crippen LogP contribution in [0.1, 0.15) is 96.8 Å². The van der Waals surface area contributed by atoms with Crippen LogP contribution in [0.4, 0.5) is 22.7 Å². The highest BCUT2D eigenvalue weighted by Crippen LogP contribution is 2.40. The van der Waals surface area contributed by atoms with Crippen LogP contribution in [-0.2, 0) is 29.6 Å². The molecule has 0 aliphatic carbocycles. The Morgan fingerprint density at radius 3 is 1.94 bits per heavy atom. The minimum atomic E-state index is -4.61. The first-order valence-corrected chi connectivity index (χ1v) is 26.1. The molecule has 1 aliphatic heterocycles. The second kappa shape index (κ2) is 26.9. The number of para-hydroxylation sites is 1. The molecule has 0 radical (unpaired) electrons. The molecule has 0 spiro atoms. The van der Waals surface area contributed by atoms with Crippen molar-refractivity contribution in [1.82, 2.24) is 0 Å². The summed E-state index contributed by atoms with van der Waals surface area (Å²) < 4.78 is 88.5. The van der Waals surface area contributed by atoms with Crippen molar-refractivity contribution in [2.24, 2.45) is 15.3 Å². The van der Waals surface area contributed by atoms with Gasteiger partial charge in [0, 0.05) is 19.2 Å². The van der Waals surface area contributed by atoms with E-state index in [1.54, 1.807) is 30.3 Å². The SMILES string of the molecule is CCCCCCCCCCCCCCCCOc1cc(NS(=O)(=O)c2cc(NS(=O)(=O)c3ccc(OC)c(N=NC4C(=O)N(c5ccccc5)N=C4C#N)c3)ccc2OCCOC)c(O)cc1OC. The molecule has 0 aromatic heterocycles. The van der Waals surface area contributed by atoms with E-state index in [1.807, 2.05) is 6.07 Å². The lowest BCUT2D eigenvalue weighted by Crippen LogP contribution is -2.30. The zero-order valence-electron chi connectivity index (χ0n) is 39.7. The van der Waals surface area contributed by atoms with Crippen molar-refractivity contribution in [1.29, 1.82) is 5.26 Å². The number of carbonyl (C=O) groups is 1. The molecule has 20 heteroatoms. The number of azo groups is 1. The van der Waals surface area contributed by atoms with Gasteiger partial charge in [-0.25, -0.2) is 16.8 Å². The summed E-state index contributed by atoms with van der Waals surface area (Å²) in [6.07, 6.45) is 17.0. The number of ether oxygens (including phenoxy) is 5. The lowest BCUT2D eigenvalue weighted by Gasteiger charge is -2.18. The number of hydrazone groups is 1. The van der Waals surface area contributed by atoms with E-state index in [1.165, 1.54) is 122 Å². The van der Waals surface area contributed by atoms with Crippen LogP contribution in [-0.4, -0.2) is 80.8 Å². The number of nitriles is 1. The maximum Gasteiger partial charge on any atom is 0.281 e. The zero-order valence-corrected chi connectivity index (χ0v) is 41.3. The molecule has 0 saturated heterocycles. The van der Waals surface area contributed by atoms with Crippen molar-refractivity contribution >= 4 is 54.4 Å². The highest BCUT2D eigenvalue weighted by Gasteiger charge is 2.37. The molecule has 5 rings (SSSR count). The number of nitrogens with zero attached hydrogens (tertiary/aromatic N) is 5. The minimum absolute atomic E-state index is 0.0449. The molecule has 1 atom stereocenters. The first-order valence-electron chi connectivity index (χ1n) is 23.2. The van der Waals surface area contributed by atoms with Crippen LogP contribution in [0.2, 0.25) is 0 Å². The number of anilines is 3. The van der Waals surface area contributed by atoms with Gasteiger partial charge in [0.25, 0.3) is 26.0 Å². The Kier molecular flexibility index (Phi) is 20.9. The van der Waals surface area contributed by atoms with E-state index >= 15 is 0 Å². The number of amides is 1. The number of unbranched alkanes of at least 4 members (excludes halogenated alkanes) is 13. The quantitative estimate of drug-likeness (QED) is 0.0242. The third-order valence-electron chi connectivity index (χ3n) is 11.1. The average Bonchev–Trinajstić information content (AvgIpc) is 3.67. The maximum absolute atomic E-state index is 14.2. The first kappa shape index (κ1) is 53.5. The van der Waals surface area contributed by atoms with Gasteiger partial charge in [-0.3, -0.25) is 14.2 Å². The summed E-state index contributed by atoms with van der Waals surface area (Å²) in [6.45, 7) is 2.65. The van der Waals surface area contributed by atoms with Gasteiger partial charge < -0.3 is 28.8 Å². The van der Waals surface area contributed by atoms with E-state index in [-0.39, 0.29) is 63.9 Å². The second-order valence-electron chi connectivity index (χ2n) is 16.2. The van der Waals surface area contributed by atoms with Crippen LogP contribution in [0.5, 0.6) is 28.7 Å². The van der Waals surface area contributed by atoms with E-state index in [0.717, 1.165) is 42.8 Å². The summed E-state index contributed by atoms with van der Waals surface area (Å²) in [5.41, 5.74) is -0.300. The average molecular weight is 990 g/mol. The monoisotopic (exact) mass is 989 g/mol. The molecular formula is C49H63N7O11S2. The van der Waals surface area contributed by atoms with Gasteiger partial charge in [0.05, 0.1) is 49.4 Å². The fourth-order valence-electron chi connectivity index (χ4n) is 7.35. The highest BCUT2D eigenvalue weighted by atomic mass is 32.2. The Bertz CT molecular complexity index is 2640. The van der Waals surface area contributed by atoms with E-state index in [4.69, 9.17) is 23.7 Å². The Labute approximate surface area is 405 Å². The first-order chi connectivity index (χ1) is 33.3. The lowest BCUT2D eigenvalue weighted by molar-refractivity contribution is -0.117. The van der Waals surface area contributed by atoms with Crippen molar-refractivity contribution in [2.75, 3.05) is 55.6 Å². The van der Waals surface area contributed by atoms with Crippen LogP contribution in [0, 0.1) is 11.3 Å². The second-order valence-corrected chi connectivity index (χ2v) is 19.5. The van der Waals surface area contributed by atoms with E-state index < -0.39 is 42.6 Å². The van der Waals surface area contributed by atoms with E-state index in [9.17, 15) is 32.0 Å². The fourth-order valence-corrected chi connectivity index (χ4v) is 9.66. The molecule has 372 valence electrons. The van der Waals surface area contributed by atoms with E-state index in [2.05, 4.69) is 31.7 Å². The van der Waals surface area contributed by atoms with Crippen LogP contribution < -0.4 is 33.4 Å².